The lowest BCUT2D eigenvalue weighted by Gasteiger charge is -1.97. The number of amidine groups is 1. The summed E-state index contributed by atoms with van der Waals surface area (Å²) in [4.78, 5) is 3.22. The standard InChI is InChI=1S/C10H12N2/c11-10-7-3-5-8-4-1-2-6-9(8)12-10/h1-2,4,6H,3,5,7H2,(H2,11,12)/p+1. The molecule has 0 atom stereocenters. The van der Waals surface area contributed by atoms with Gasteiger partial charge in [-0.25, -0.2) is 4.99 Å². The monoisotopic (exact) mass is 161 g/mol. The van der Waals surface area contributed by atoms with E-state index in [1.165, 1.54) is 11.3 Å². The molecule has 0 bridgehead atoms. The lowest BCUT2D eigenvalue weighted by molar-refractivity contribution is -0.356. The molecule has 1 heterocycles. The second kappa shape index (κ2) is 2.97. The van der Waals surface area contributed by atoms with Gasteiger partial charge in [-0.05, 0) is 24.5 Å². The van der Waals surface area contributed by atoms with Crippen molar-refractivity contribution in [1.82, 2.24) is 0 Å². The summed E-state index contributed by atoms with van der Waals surface area (Å²) in [5, 5.41) is 0. The lowest BCUT2D eigenvalue weighted by atomic mass is 10.1. The highest BCUT2D eigenvalue weighted by atomic mass is 14.9. The molecule has 62 valence electrons. The van der Waals surface area contributed by atoms with Crippen molar-refractivity contribution in [3.63, 3.8) is 0 Å². The Morgan fingerprint density at radius 3 is 2.92 bits per heavy atom. The van der Waals surface area contributed by atoms with Gasteiger partial charge >= 0.3 is 0 Å². The van der Waals surface area contributed by atoms with E-state index in [9.17, 15) is 0 Å². The molecule has 0 aromatic heterocycles. The van der Waals surface area contributed by atoms with Crippen LogP contribution < -0.4 is 10.7 Å². The quantitative estimate of drug-likeness (QED) is 0.556. The first-order valence-electron chi connectivity index (χ1n) is 4.32. The van der Waals surface area contributed by atoms with Crippen LogP contribution in [0.3, 0.4) is 0 Å². The maximum Gasteiger partial charge on any atom is 0.245 e. The smallest absolute Gasteiger partial charge is 0.245 e. The Hall–Kier alpha value is -1.31. The van der Waals surface area contributed by atoms with E-state index in [-0.39, 0.29) is 0 Å². The fourth-order valence-electron chi connectivity index (χ4n) is 1.57. The largest absolute Gasteiger partial charge is 0.291 e. The van der Waals surface area contributed by atoms with Crippen molar-refractivity contribution in [2.24, 2.45) is 5.73 Å². The highest BCUT2D eigenvalue weighted by Gasteiger charge is 2.09. The molecule has 0 amide bonds. The molecule has 1 aliphatic heterocycles. The summed E-state index contributed by atoms with van der Waals surface area (Å²) in [5.74, 6) is 0.889. The second-order valence-electron chi connectivity index (χ2n) is 3.16. The van der Waals surface area contributed by atoms with Crippen molar-refractivity contribution in [2.75, 3.05) is 0 Å². The Labute approximate surface area is 72.1 Å². The van der Waals surface area contributed by atoms with Crippen molar-refractivity contribution in [1.29, 1.82) is 0 Å². The number of para-hydroxylation sites is 1. The summed E-state index contributed by atoms with van der Waals surface area (Å²) in [6, 6.07) is 8.33. The van der Waals surface area contributed by atoms with Crippen molar-refractivity contribution in [3.05, 3.63) is 29.8 Å². The molecule has 2 rings (SSSR count). The average molecular weight is 161 g/mol. The van der Waals surface area contributed by atoms with E-state index >= 15 is 0 Å². The maximum atomic E-state index is 5.76. The Balaban J connectivity index is 2.47. The molecule has 0 radical (unpaired) electrons. The van der Waals surface area contributed by atoms with Gasteiger partial charge in [0.15, 0.2) is 0 Å². The topological polar surface area (TPSA) is 40.0 Å². The van der Waals surface area contributed by atoms with Gasteiger partial charge in [0, 0.05) is 6.42 Å². The normalized spacial score (nSPS) is 16.2. The van der Waals surface area contributed by atoms with Gasteiger partial charge in [0.25, 0.3) is 0 Å². The number of fused-ring (bicyclic) bond motifs is 1. The molecular weight excluding hydrogens is 148 g/mol. The van der Waals surface area contributed by atoms with Crippen LogP contribution in [0.1, 0.15) is 18.4 Å². The summed E-state index contributed by atoms with van der Waals surface area (Å²) in [5.41, 5.74) is 8.30. The number of nitrogens with one attached hydrogen (secondary N) is 1. The number of rotatable bonds is 0. The summed E-state index contributed by atoms with van der Waals surface area (Å²) in [6.07, 6.45) is 3.26. The Morgan fingerprint density at radius 1 is 1.17 bits per heavy atom. The fraction of sp³-hybridized carbons (Fsp3) is 0.300. The average Bonchev–Trinajstić information content (AvgIpc) is 2.25. The molecule has 1 aliphatic rings. The zero-order chi connectivity index (χ0) is 8.39. The molecule has 0 unspecified atom stereocenters. The van der Waals surface area contributed by atoms with E-state index in [0.29, 0.717) is 0 Å². The van der Waals surface area contributed by atoms with Gasteiger partial charge in [-0.2, -0.15) is 0 Å². The van der Waals surface area contributed by atoms with Crippen LogP contribution >= 0.6 is 0 Å². The van der Waals surface area contributed by atoms with Gasteiger partial charge < -0.3 is 0 Å². The van der Waals surface area contributed by atoms with Crippen LogP contribution in [0, 0.1) is 0 Å². The molecule has 0 spiro atoms. The number of hydrogen-bond donors (Lipinski definition) is 2. The molecule has 2 heteroatoms. The van der Waals surface area contributed by atoms with Gasteiger partial charge in [-0.1, -0.05) is 18.2 Å². The maximum absolute atomic E-state index is 5.76. The van der Waals surface area contributed by atoms with E-state index < -0.39 is 0 Å². The van der Waals surface area contributed by atoms with Crippen LogP contribution in [0.2, 0.25) is 0 Å². The summed E-state index contributed by atoms with van der Waals surface area (Å²) in [6.45, 7) is 0. The molecule has 3 N–H and O–H groups in total. The van der Waals surface area contributed by atoms with Crippen LogP contribution in [-0.4, -0.2) is 5.84 Å². The lowest BCUT2D eigenvalue weighted by Crippen LogP contribution is -2.69. The third kappa shape index (κ3) is 1.33. The summed E-state index contributed by atoms with van der Waals surface area (Å²) < 4.78 is 0. The zero-order valence-electron chi connectivity index (χ0n) is 7.01. The number of benzene rings is 1. The van der Waals surface area contributed by atoms with E-state index in [4.69, 9.17) is 5.73 Å². The van der Waals surface area contributed by atoms with Crippen molar-refractivity contribution in [3.8, 4) is 0 Å². The SMILES string of the molecule is NC1=[NH+]c2ccccc2CCC1. The van der Waals surface area contributed by atoms with Crippen LogP contribution in [0.15, 0.2) is 24.3 Å². The molecule has 0 fully saturated rings. The highest BCUT2D eigenvalue weighted by Crippen LogP contribution is 2.13. The fourth-order valence-corrected chi connectivity index (χ4v) is 1.57. The van der Waals surface area contributed by atoms with Gasteiger partial charge in [0.2, 0.25) is 5.84 Å². The van der Waals surface area contributed by atoms with Crippen LogP contribution in [0.25, 0.3) is 0 Å². The Bertz CT molecular complexity index is 315. The molecule has 1 aromatic rings. The van der Waals surface area contributed by atoms with E-state index in [1.54, 1.807) is 0 Å². The third-order valence-corrected chi connectivity index (χ3v) is 2.20. The van der Waals surface area contributed by atoms with Crippen molar-refractivity contribution < 1.29 is 4.99 Å². The minimum atomic E-state index is 0.889. The molecular formula is C10H13N2+. The Kier molecular flexibility index (Phi) is 1.82. The molecule has 0 saturated heterocycles. The van der Waals surface area contributed by atoms with Crippen molar-refractivity contribution >= 4 is 11.5 Å². The molecule has 0 aliphatic carbocycles. The zero-order valence-corrected chi connectivity index (χ0v) is 7.01. The van der Waals surface area contributed by atoms with Crippen LogP contribution in [0.4, 0.5) is 5.69 Å². The van der Waals surface area contributed by atoms with E-state index in [0.717, 1.165) is 25.1 Å². The number of nitrogens with two attached hydrogens (primary N) is 1. The molecule has 2 nitrogen and oxygen atoms in total. The van der Waals surface area contributed by atoms with E-state index in [2.05, 4.69) is 23.2 Å². The second-order valence-corrected chi connectivity index (χ2v) is 3.16. The van der Waals surface area contributed by atoms with Crippen molar-refractivity contribution in [2.45, 2.75) is 19.3 Å². The summed E-state index contributed by atoms with van der Waals surface area (Å²) >= 11 is 0. The predicted molar refractivity (Wildman–Crippen MR) is 49.2 cm³/mol. The van der Waals surface area contributed by atoms with E-state index in [1.807, 2.05) is 6.07 Å². The first-order chi connectivity index (χ1) is 5.86. The number of aryl methyl sites for hydroxylation is 1. The van der Waals surface area contributed by atoms with Gasteiger partial charge in [-0.15, -0.1) is 0 Å². The van der Waals surface area contributed by atoms with Gasteiger partial charge in [0.1, 0.15) is 5.69 Å². The minimum absolute atomic E-state index is 0.889. The molecule has 0 saturated carbocycles. The minimum Gasteiger partial charge on any atom is -0.291 e. The van der Waals surface area contributed by atoms with Gasteiger partial charge in [-0.3, -0.25) is 5.73 Å². The highest BCUT2D eigenvalue weighted by molar-refractivity contribution is 5.75. The molecule has 12 heavy (non-hydrogen) atoms. The third-order valence-electron chi connectivity index (χ3n) is 2.20. The predicted octanol–water partition coefficient (Wildman–Crippen LogP) is 0.0922. The molecule has 1 aromatic carbocycles. The number of hydrogen-bond acceptors (Lipinski definition) is 1. The van der Waals surface area contributed by atoms with Gasteiger partial charge in [0.05, 0.1) is 0 Å². The first-order valence-corrected chi connectivity index (χ1v) is 4.32. The van der Waals surface area contributed by atoms with Crippen LogP contribution in [-0.2, 0) is 6.42 Å². The Morgan fingerprint density at radius 2 is 2.00 bits per heavy atom. The van der Waals surface area contributed by atoms with Crippen LogP contribution in [0.5, 0.6) is 0 Å². The summed E-state index contributed by atoms with van der Waals surface area (Å²) in [7, 11) is 0. The first kappa shape index (κ1) is 7.35.